The summed E-state index contributed by atoms with van der Waals surface area (Å²) in [6.45, 7) is 13.0. The van der Waals surface area contributed by atoms with E-state index in [-0.39, 0.29) is 90.2 Å². The first-order valence-corrected chi connectivity index (χ1v) is 23.6. The molecule has 1 amide bonds. The number of hydrogen-bond donors (Lipinski definition) is 3. The second kappa shape index (κ2) is 24.8. The molecule has 2 aliphatic carbocycles. The highest BCUT2D eigenvalue weighted by Crippen LogP contribution is 2.62. The van der Waals surface area contributed by atoms with E-state index in [0.29, 0.717) is 36.7 Å². The number of ether oxygens (including phenoxy) is 6. The SMILES string of the molecule is C=CCOC12Oc3ccc(OCc4cccc(C)n4)cc3C3C(CCCCO)C(CCCCO)C=C(C(=NOC(C)(C)C)CC1N(CCOCCO)C(=O)OCCOCc1ccccc1)C32. The number of unbranched alkanes of at least 4 members (excludes halogenated alkanes) is 2. The summed E-state index contributed by atoms with van der Waals surface area (Å²) in [6, 6.07) is 20.7. The van der Waals surface area contributed by atoms with Gasteiger partial charge in [-0.15, -0.1) is 6.58 Å². The monoisotopic (exact) mass is 914 g/mol. The molecule has 360 valence electrons. The van der Waals surface area contributed by atoms with Crippen molar-refractivity contribution in [3.63, 3.8) is 0 Å². The number of pyridine rings is 1. The molecule has 2 heterocycles. The molecule has 66 heavy (non-hydrogen) atoms. The lowest BCUT2D eigenvalue weighted by atomic mass is 9.55. The molecule has 1 aromatic heterocycles. The highest BCUT2D eigenvalue weighted by molar-refractivity contribution is 6.03. The van der Waals surface area contributed by atoms with Crippen LogP contribution in [0.5, 0.6) is 11.5 Å². The molecule has 3 N–H and O–H groups in total. The molecule has 3 aliphatic rings. The lowest BCUT2D eigenvalue weighted by Crippen LogP contribution is -2.70. The molecule has 6 unspecified atom stereocenters. The van der Waals surface area contributed by atoms with Crippen LogP contribution in [0.2, 0.25) is 0 Å². The summed E-state index contributed by atoms with van der Waals surface area (Å²) in [7, 11) is 0. The topological polar surface area (TPSA) is 171 Å². The van der Waals surface area contributed by atoms with Crippen molar-refractivity contribution in [1.29, 1.82) is 0 Å². The highest BCUT2D eigenvalue weighted by atomic mass is 16.7. The van der Waals surface area contributed by atoms with Crippen LogP contribution in [-0.4, -0.2) is 114 Å². The number of amides is 1. The maximum Gasteiger partial charge on any atom is 0.410 e. The minimum Gasteiger partial charge on any atom is -0.487 e. The minimum atomic E-state index is -1.50. The predicted octanol–water partition coefficient (Wildman–Crippen LogP) is 8.07. The third kappa shape index (κ3) is 13.2. The van der Waals surface area contributed by atoms with E-state index >= 15 is 0 Å². The van der Waals surface area contributed by atoms with Gasteiger partial charge >= 0.3 is 6.09 Å². The van der Waals surface area contributed by atoms with Crippen LogP contribution < -0.4 is 9.47 Å². The van der Waals surface area contributed by atoms with Gasteiger partial charge in [0.2, 0.25) is 5.79 Å². The molecule has 1 aliphatic heterocycles. The lowest BCUT2D eigenvalue weighted by Gasteiger charge is -2.60. The maximum atomic E-state index is 14.7. The Kier molecular flexibility index (Phi) is 19.0. The van der Waals surface area contributed by atoms with Gasteiger partial charge in [-0.3, -0.25) is 9.88 Å². The van der Waals surface area contributed by atoms with Gasteiger partial charge < -0.3 is 48.6 Å². The molecular weight excluding hydrogens is 843 g/mol. The summed E-state index contributed by atoms with van der Waals surface area (Å²) in [4.78, 5) is 27.2. The predicted molar refractivity (Wildman–Crippen MR) is 251 cm³/mol. The number of rotatable bonds is 26. The summed E-state index contributed by atoms with van der Waals surface area (Å²) >= 11 is 0. The highest BCUT2D eigenvalue weighted by Gasteiger charge is 2.65. The Labute approximate surface area is 390 Å². The van der Waals surface area contributed by atoms with E-state index in [1.165, 1.54) is 0 Å². The number of carbonyl (C=O) groups is 1. The van der Waals surface area contributed by atoms with E-state index in [4.69, 9.17) is 38.4 Å². The molecule has 2 aromatic carbocycles. The number of aliphatic hydroxyl groups is 3. The van der Waals surface area contributed by atoms with Crippen LogP contribution in [0.4, 0.5) is 4.79 Å². The van der Waals surface area contributed by atoms with Crippen molar-refractivity contribution in [2.45, 2.75) is 109 Å². The second-order valence-electron chi connectivity index (χ2n) is 18.2. The molecular formula is C52H71N3O11. The van der Waals surface area contributed by atoms with Gasteiger partial charge in [0, 0.05) is 43.4 Å². The molecule has 0 radical (unpaired) electrons. The Hall–Kier alpha value is -4.83. The zero-order valence-electron chi connectivity index (χ0n) is 39.3. The first kappa shape index (κ1) is 50.6. The van der Waals surface area contributed by atoms with Crippen LogP contribution in [-0.2, 0) is 37.0 Å². The van der Waals surface area contributed by atoms with Crippen molar-refractivity contribution in [1.82, 2.24) is 9.88 Å². The average Bonchev–Trinajstić information content (AvgIpc) is 3.30. The summed E-state index contributed by atoms with van der Waals surface area (Å²) in [5.74, 6) is -0.969. The molecule has 0 bridgehead atoms. The number of aryl methyl sites for hydroxylation is 1. The molecule has 3 aromatic rings. The van der Waals surface area contributed by atoms with Crippen LogP contribution >= 0.6 is 0 Å². The van der Waals surface area contributed by atoms with Crippen molar-refractivity contribution in [3.05, 3.63) is 114 Å². The lowest BCUT2D eigenvalue weighted by molar-refractivity contribution is -0.256. The number of hydrogen-bond acceptors (Lipinski definition) is 13. The second-order valence-corrected chi connectivity index (χ2v) is 18.2. The van der Waals surface area contributed by atoms with Crippen LogP contribution in [0, 0.1) is 24.7 Å². The summed E-state index contributed by atoms with van der Waals surface area (Å²) < 4.78 is 38.6. The van der Waals surface area contributed by atoms with Gasteiger partial charge in [-0.2, -0.15) is 0 Å². The van der Waals surface area contributed by atoms with Gasteiger partial charge in [0.1, 0.15) is 36.4 Å². The first-order chi connectivity index (χ1) is 32.0. The number of aromatic nitrogens is 1. The van der Waals surface area contributed by atoms with Crippen LogP contribution in [0.3, 0.4) is 0 Å². The van der Waals surface area contributed by atoms with Gasteiger partial charge in [-0.1, -0.05) is 66.5 Å². The van der Waals surface area contributed by atoms with E-state index < -0.39 is 29.4 Å². The summed E-state index contributed by atoms with van der Waals surface area (Å²) in [5.41, 5.74) is 4.59. The number of aliphatic hydroxyl groups excluding tert-OH is 3. The van der Waals surface area contributed by atoms with Crippen LogP contribution in [0.1, 0.15) is 94.1 Å². The van der Waals surface area contributed by atoms with E-state index in [9.17, 15) is 20.1 Å². The number of benzene rings is 2. The van der Waals surface area contributed by atoms with Crippen molar-refractivity contribution in [2.75, 3.05) is 59.4 Å². The molecule has 14 nitrogen and oxygen atoms in total. The third-order valence-corrected chi connectivity index (χ3v) is 12.3. The zero-order valence-corrected chi connectivity index (χ0v) is 39.3. The fraction of sp³-hybridized carbons (Fsp3) is 0.558. The number of fused-ring (bicyclic) bond motifs is 2. The van der Waals surface area contributed by atoms with E-state index in [2.05, 4.69) is 23.7 Å². The van der Waals surface area contributed by atoms with Crippen LogP contribution in [0.15, 0.2) is 96.2 Å². The van der Waals surface area contributed by atoms with E-state index in [1.54, 1.807) is 11.0 Å². The number of carbonyl (C=O) groups excluding carboxylic acids is 1. The Morgan fingerprint density at radius 2 is 1.71 bits per heavy atom. The van der Waals surface area contributed by atoms with E-state index in [1.807, 2.05) is 88.4 Å². The molecule has 1 fully saturated rings. The largest absolute Gasteiger partial charge is 0.487 e. The van der Waals surface area contributed by atoms with Gasteiger partial charge in [0.05, 0.1) is 57.0 Å². The summed E-state index contributed by atoms with van der Waals surface area (Å²) in [5, 5.41) is 34.5. The molecule has 6 rings (SSSR count). The smallest absolute Gasteiger partial charge is 0.410 e. The number of nitrogens with zero attached hydrogens (tertiary/aromatic N) is 3. The van der Waals surface area contributed by atoms with Crippen molar-refractivity contribution in [2.24, 2.45) is 22.9 Å². The molecule has 1 saturated carbocycles. The Morgan fingerprint density at radius 3 is 2.44 bits per heavy atom. The third-order valence-electron chi connectivity index (χ3n) is 12.3. The van der Waals surface area contributed by atoms with E-state index in [0.717, 1.165) is 53.8 Å². The summed E-state index contributed by atoms with van der Waals surface area (Å²) in [6.07, 6.45) is 8.04. The molecule has 14 heteroatoms. The normalized spacial score (nSPS) is 22.7. The van der Waals surface area contributed by atoms with Crippen molar-refractivity contribution < 1.29 is 53.4 Å². The number of allylic oxidation sites excluding steroid dienone is 1. The average molecular weight is 914 g/mol. The number of oxime groups is 1. The van der Waals surface area contributed by atoms with Gasteiger partial charge in [0.25, 0.3) is 0 Å². The quantitative estimate of drug-likeness (QED) is 0.0403. The fourth-order valence-corrected chi connectivity index (χ4v) is 9.51. The Morgan fingerprint density at radius 1 is 0.924 bits per heavy atom. The van der Waals surface area contributed by atoms with Crippen molar-refractivity contribution >= 4 is 11.8 Å². The van der Waals surface area contributed by atoms with Gasteiger partial charge in [-0.05, 0) is 107 Å². The maximum absolute atomic E-state index is 14.7. The fourth-order valence-electron chi connectivity index (χ4n) is 9.51. The molecule has 0 saturated heterocycles. The Balaban J connectivity index is 1.49. The molecule has 0 spiro atoms. The van der Waals surface area contributed by atoms with Gasteiger partial charge in [0.15, 0.2) is 0 Å². The zero-order chi connectivity index (χ0) is 46.9. The standard InChI is InChI=1S/C52H71N3O11/c1-6-27-64-52-47(55(23-28-60-29-26-58)50(59)62-31-30-61-35-38-16-8-7-9-17-38)34-45(54-66-51(3,4)5)43-32-39(18-10-12-24-56)42(20-11-13-25-57)48(49(43)52)44-33-41(21-22-46(44)65-52)63-36-40-19-14-15-37(2)53-40/h6-9,14-17,19,21-22,32-33,39,42,47-49,56-58H,1,10-13,18,20,23-31,34-36H2,2-5H3. The van der Waals surface area contributed by atoms with Crippen molar-refractivity contribution in [3.8, 4) is 11.5 Å². The molecule has 6 atom stereocenters. The first-order valence-electron chi connectivity index (χ1n) is 23.6. The van der Waals surface area contributed by atoms with Gasteiger partial charge in [-0.25, -0.2) is 4.79 Å². The van der Waals surface area contributed by atoms with Crippen LogP contribution in [0.25, 0.3) is 0 Å². The minimum absolute atomic E-state index is 0.00875. The Bertz CT molecular complexity index is 2060.